The van der Waals surface area contributed by atoms with Crippen molar-refractivity contribution in [3.05, 3.63) is 77.5 Å². The Hall–Kier alpha value is -2.97. The highest BCUT2D eigenvalue weighted by Crippen LogP contribution is 2.29. The molecule has 0 radical (unpaired) electrons. The fourth-order valence-electron chi connectivity index (χ4n) is 4.56. The summed E-state index contributed by atoms with van der Waals surface area (Å²) >= 11 is 0. The number of alkyl halides is 3. The zero-order chi connectivity index (χ0) is 24.7. The summed E-state index contributed by atoms with van der Waals surface area (Å²) in [4.78, 5) is 11.5. The monoisotopic (exact) mass is 483 g/mol. The first kappa shape index (κ1) is 25.1. The van der Waals surface area contributed by atoms with Gasteiger partial charge >= 0.3 is 6.18 Å². The lowest BCUT2D eigenvalue weighted by atomic mass is 10.0. The molecule has 5 nitrogen and oxygen atoms in total. The summed E-state index contributed by atoms with van der Waals surface area (Å²) in [5.41, 5.74) is 3.07. The smallest absolute Gasteiger partial charge is 0.354 e. The van der Waals surface area contributed by atoms with Crippen LogP contribution in [-0.4, -0.2) is 47.1 Å². The molecule has 0 aliphatic carbocycles. The van der Waals surface area contributed by atoms with Crippen molar-refractivity contribution in [3.8, 4) is 11.3 Å². The van der Waals surface area contributed by atoms with Gasteiger partial charge in [-0.05, 0) is 68.2 Å². The third-order valence-corrected chi connectivity index (χ3v) is 6.45. The molecule has 1 aliphatic rings. The van der Waals surface area contributed by atoms with E-state index in [9.17, 15) is 13.2 Å². The van der Waals surface area contributed by atoms with Crippen molar-refractivity contribution >= 4 is 5.95 Å². The Bertz CT molecular complexity index is 1100. The van der Waals surface area contributed by atoms with Gasteiger partial charge in [-0.2, -0.15) is 13.2 Å². The van der Waals surface area contributed by atoms with Gasteiger partial charge in [-0.1, -0.05) is 43.3 Å². The first-order valence-corrected chi connectivity index (χ1v) is 12.2. The molecule has 0 saturated carbocycles. The molecule has 1 aliphatic heterocycles. The van der Waals surface area contributed by atoms with E-state index in [0.29, 0.717) is 30.5 Å². The minimum Gasteiger partial charge on any atom is -0.354 e. The van der Waals surface area contributed by atoms with Crippen LogP contribution in [0.4, 0.5) is 19.1 Å². The molecule has 2 heterocycles. The van der Waals surface area contributed by atoms with Gasteiger partial charge in [-0.3, -0.25) is 4.90 Å². The third-order valence-electron chi connectivity index (χ3n) is 6.45. The van der Waals surface area contributed by atoms with Gasteiger partial charge in [0, 0.05) is 30.9 Å². The zero-order valence-corrected chi connectivity index (χ0v) is 20.0. The zero-order valence-electron chi connectivity index (χ0n) is 20.0. The maximum Gasteiger partial charge on any atom is 0.416 e. The lowest BCUT2D eigenvalue weighted by Gasteiger charge is -2.34. The van der Waals surface area contributed by atoms with Crippen molar-refractivity contribution in [1.29, 1.82) is 0 Å². The van der Waals surface area contributed by atoms with Crippen LogP contribution in [0.2, 0.25) is 0 Å². The van der Waals surface area contributed by atoms with Crippen LogP contribution < -0.4 is 10.6 Å². The highest BCUT2D eigenvalue weighted by molar-refractivity contribution is 5.61. The van der Waals surface area contributed by atoms with E-state index in [0.717, 1.165) is 43.5 Å². The Kier molecular flexibility index (Phi) is 8.36. The lowest BCUT2D eigenvalue weighted by molar-refractivity contribution is -0.137. The highest BCUT2D eigenvalue weighted by atomic mass is 19.4. The van der Waals surface area contributed by atoms with Crippen LogP contribution in [0.5, 0.6) is 0 Å². The van der Waals surface area contributed by atoms with Crippen molar-refractivity contribution < 1.29 is 13.2 Å². The second-order valence-electron chi connectivity index (χ2n) is 8.89. The average Bonchev–Trinajstić information content (AvgIpc) is 2.88. The summed E-state index contributed by atoms with van der Waals surface area (Å²) in [6.07, 6.45) is 0.159. The first-order chi connectivity index (χ1) is 16.9. The number of anilines is 1. The standard InChI is InChI=1S/C27H32F3N5/c1-2-35(24-10-13-31-14-11-24)19-21-6-3-7-22(17-21)25-12-16-33-26(34-25)32-15-9-20-5-4-8-23(18-20)27(28,29)30/h3-8,12,16-18,24,31H,2,9-11,13-15,19H2,1H3,(H,32,33,34). The molecule has 0 atom stereocenters. The van der Waals surface area contributed by atoms with E-state index in [1.807, 2.05) is 12.1 Å². The summed E-state index contributed by atoms with van der Waals surface area (Å²) in [5, 5.41) is 6.58. The van der Waals surface area contributed by atoms with Crippen LogP contribution in [0.3, 0.4) is 0 Å². The van der Waals surface area contributed by atoms with E-state index in [-0.39, 0.29) is 0 Å². The van der Waals surface area contributed by atoms with Gasteiger partial charge < -0.3 is 10.6 Å². The van der Waals surface area contributed by atoms with Crippen molar-refractivity contribution in [3.63, 3.8) is 0 Å². The molecule has 0 bridgehead atoms. The molecule has 3 aromatic rings. The molecule has 0 spiro atoms. The molecular weight excluding hydrogens is 451 g/mol. The maximum absolute atomic E-state index is 12.9. The number of aromatic nitrogens is 2. The van der Waals surface area contributed by atoms with E-state index in [1.54, 1.807) is 12.3 Å². The van der Waals surface area contributed by atoms with E-state index < -0.39 is 11.7 Å². The molecule has 0 amide bonds. The summed E-state index contributed by atoms with van der Waals surface area (Å²) in [5.74, 6) is 0.463. The Morgan fingerprint density at radius 1 is 1.03 bits per heavy atom. The molecule has 186 valence electrons. The Labute approximate surface area is 204 Å². The van der Waals surface area contributed by atoms with E-state index >= 15 is 0 Å². The number of nitrogens with zero attached hydrogens (tertiary/aromatic N) is 3. The van der Waals surface area contributed by atoms with Crippen LogP contribution in [0.1, 0.15) is 36.5 Å². The average molecular weight is 484 g/mol. The van der Waals surface area contributed by atoms with Gasteiger partial charge in [0.15, 0.2) is 0 Å². The van der Waals surface area contributed by atoms with E-state index in [1.165, 1.54) is 30.5 Å². The van der Waals surface area contributed by atoms with Crippen LogP contribution in [0.15, 0.2) is 60.8 Å². The third kappa shape index (κ3) is 7.02. The second kappa shape index (κ2) is 11.6. The van der Waals surface area contributed by atoms with Crippen molar-refractivity contribution in [2.75, 3.05) is 31.5 Å². The van der Waals surface area contributed by atoms with Crippen LogP contribution in [0.25, 0.3) is 11.3 Å². The maximum atomic E-state index is 12.9. The molecule has 2 N–H and O–H groups in total. The van der Waals surface area contributed by atoms with Crippen LogP contribution >= 0.6 is 0 Å². The van der Waals surface area contributed by atoms with E-state index in [4.69, 9.17) is 0 Å². The number of hydrogen-bond acceptors (Lipinski definition) is 5. The van der Waals surface area contributed by atoms with Gasteiger partial charge in [0.05, 0.1) is 11.3 Å². The van der Waals surface area contributed by atoms with Crippen molar-refractivity contribution in [1.82, 2.24) is 20.2 Å². The molecule has 1 fully saturated rings. The lowest BCUT2D eigenvalue weighted by Crippen LogP contribution is -2.42. The summed E-state index contributed by atoms with van der Waals surface area (Å²) in [6.45, 7) is 6.72. The first-order valence-electron chi connectivity index (χ1n) is 12.2. The highest BCUT2D eigenvalue weighted by Gasteiger charge is 2.30. The molecule has 8 heteroatoms. The summed E-state index contributed by atoms with van der Waals surface area (Å²) < 4.78 is 38.8. The van der Waals surface area contributed by atoms with Gasteiger partial charge in [0.1, 0.15) is 0 Å². The molecule has 35 heavy (non-hydrogen) atoms. The summed E-state index contributed by atoms with van der Waals surface area (Å²) in [7, 11) is 0. The number of rotatable bonds is 9. The Morgan fingerprint density at radius 2 is 1.80 bits per heavy atom. The van der Waals surface area contributed by atoms with Gasteiger partial charge in [0.2, 0.25) is 5.95 Å². The van der Waals surface area contributed by atoms with E-state index in [2.05, 4.69) is 50.6 Å². The topological polar surface area (TPSA) is 53.1 Å². The van der Waals surface area contributed by atoms with Crippen molar-refractivity contribution in [2.45, 2.75) is 44.9 Å². The quantitative estimate of drug-likeness (QED) is 0.427. The van der Waals surface area contributed by atoms with Gasteiger partial charge in [-0.15, -0.1) is 0 Å². The predicted molar refractivity (Wildman–Crippen MR) is 133 cm³/mol. The minimum atomic E-state index is -4.34. The fourth-order valence-corrected chi connectivity index (χ4v) is 4.56. The Morgan fingerprint density at radius 3 is 2.57 bits per heavy atom. The fraction of sp³-hybridized carbons (Fsp3) is 0.407. The van der Waals surface area contributed by atoms with Crippen LogP contribution in [0, 0.1) is 0 Å². The number of nitrogens with one attached hydrogen (secondary N) is 2. The van der Waals surface area contributed by atoms with Crippen LogP contribution in [-0.2, 0) is 19.1 Å². The normalized spacial score (nSPS) is 14.9. The van der Waals surface area contributed by atoms with Gasteiger partial charge in [0.25, 0.3) is 0 Å². The minimum absolute atomic E-state index is 0.437. The second-order valence-corrected chi connectivity index (χ2v) is 8.89. The molecule has 1 saturated heterocycles. The predicted octanol–water partition coefficient (Wildman–Crippen LogP) is 5.39. The SMILES string of the molecule is CCN(Cc1cccc(-c2ccnc(NCCc3cccc(C(F)(F)F)c3)n2)c1)C1CCNCC1. The summed E-state index contributed by atoms with van der Waals surface area (Å²) in [6, 6.07) is 16.3. The molecule has 2 aromatic carbocycles. The van der Waals surface area contributed by atoms with Crippen molar-refractivity contribution in [2.24, 2.45) is 0 Å². The number of piperidine rings is 1. The van der Waals surface area contributed by atoms with Gasteiger partial charge in [-0.25, -0.2) is 9.97 Å². The molecule has 1 aromatic heterocycles. The molecular formula is C27H32F3N5. The number of halogens is 3. The Balaban J connectivity index is 1.39. The number of benzene rings is 2. The number of hydrogen-bond donors (Lipinski definition) is 2. The molecule has 4 rings (SSSR count). The largest absolute Gasteiger partial charge is 0.416 e. The molecule has 0 unspecified atom stereocenters.